The highest BCUT2D eigenvalue weighted by Crippen LogP contribution is 2.15. The highest BCUT2D eigenvalue weighted by Gasteiger charge is 2.38. The predicted octanol–water partition coefficient (Wildman–Crippen LogP) is 1.11. The third-order valence-corrected chi connectivity index (χ3v) is 3.59. The summed E-state index contributed by atoms with van der Waals surface area (Å²) in [6.07, 6.45) is 2.82. The molecule has 0 spiro atoms. The fourth-order valence-electron chi connectivity index (χ4n) is 1.22. The van der Waals surface area contributed by atoms with E-state index in [4.69, 9.17) is 10.5 Å². The largest absolute Gasteiger partial charge is 0.256 e. The van der Waals surface area contributed by atoms with E-state index in [1.807, 2.05) is 42.5 Å². The maximum atomic E-state index is 8.99. The Morgan fingerprint density at radius 2 is 2.00 bits per heavy atom. The molecule has 18 heavy (non-hydrogen) atoms. The van der Waals surface area contributed by atoms with Gasteiger partial charge in [0.2, 0.25) is 0 Å². The van der Waals surface area contributed by atoms with E-state index in [0.717, 1.165) is 5.56 Å². The van der Waals surface area contributed by atoms with Gasteiger partial charge >= 0.3 is 0 Å². The molecule has 1 unspecified atom stereocenters. The number of nitriles is 2. The molecule has 1 N–H and O–H groups in total. The summed E-state index contributed by atoms with van der Waals surface area (Å²) in [5.41, 5.74) is 0.893. The molecule has 88 valence electrons. The molecule has 0 fully saturated rings. The van der Waals surface area contributed by atoms with Crippen molar-refractivity contribution < 1.29 is 0 Å². The van der Waals surface area contributed by atoms with Gasteiger partial charge in [0.15, 0.2) is 0 Å². The van der Waals surface area contributed by atoms with Gasteiger partial charge in [0.1, 0.15) is 12.1 Å². The molecule has 7 heteroatoms. The van der Waals surface area contributed by atoms with E-state index in [9.17, 15) is 0 Å². The van der Waals surface area contributed by atoms with Crippen LogP contribution in [-0.4, -0.2) is 17.2 Å². The number of nitrogens with one attached hydrogen (secondary N) is 1. The molecule has 0 radical (unpaired) electrons. The van der Waals surface area contributed by atoms with E-state index < -0.39 is 15.6 Å². The van der Waals surface area contributed by atoms with Crippen LogP contribution in [0, 0.1) is 22.7 Å². The van der Waals surface area contributed by atoms with Crippen LogP contribution in [0.25, 0.3) is 0 Å². The molecule has 0 amide bonds. The second kappa shape index (κ2) is 5.21. The molecule has 0 saturated heterocycles. The third-order valence-electron chi connectivity index (χ3n) is 2.16. The normalized spacial score (nSPS) is 20.4. The Morgan fingerprint density at radius 1 is 1.28 bits per heavy atom. The standard InChI is InChI=1S/C11H8N6S/c12-7-11(8-13)9-15-17-18(11)16-14-6-10-4-2-1-3-5-10/h1-6,9H,(H,16,17). The first kappa shape index (κ1) is 12.0. The molecule has 1 aromatic carbocycles. The van der Waals surface area contributed by atoms with Crippen molar-refractivity contribution in [3.05, 3.63) is 35.9 Å². The van der Waals surface area contributed by atoms with Crippen LogP contribution < -0.4 is 4.83 Å². The average molecular weight is 256 g/mol. The zero-order valence-corrected chi connectivity index (χ0v) is 10.0. The minimum atomic E-state index is -1.35. The smallest absolute Gasteiger partial charge is 0.239 e. The SMILES string of the molecule is N#CC1(C#N)C=NNS1=NN=Cc1ccccc1. The monoisotopic (exact) mass is 256 g/mol. The number of rotatable bonds is 2. The predicted molar refractivity (Wildman–Crippen MR) is 69.4 cm³/mol. The Labute approximate surface area is 106 Å². The van der Waals surface area contributed by atoms with Gasteiger partial charge in [-0.15, -0.1) is 4.47 Å². The molecular formula is C11H8N6S. The molecule has 6 nitrogen and oxygen atoms in total. The van der Waals surface area contributed by atoms with Crippen LogP contribution in [0.15, 0.2) is 45.0 Å². The van der Waals surface area contributed by atoms with Gasteiger partial charge in [-0.05, 0) is 5.56 Å². The Balaban J connectivity index is 2.19. The van der Waals surface area contributed by atoms with Crippen molar-refractivity contribution in [3.8, 4) is 12.1 Å². The number of hydrogen-bond donors (Lipinski definition) is 1. The number of benzene rings is 1. The molecular weight excluding hydrogens is 248 g/mol. The molecule has 0 aromatic heterocycles. The van der Waals surface area contributed by atoms with Gasteiger partial charge in [-0.3, -0.25) is 0 Å². The summed E-state index contributed by atoms with van der Waals surface area (Å²) >= 11 is 0. The molecule has 1 aromatic rings. The van der Waals surface area contributed by atoms with Gasteiger partial charge in [0, 0.05) is 0 Å². The molecule has 0 saturated carbocycles. The minimum Gasteiger partial charge on any atom is -0.239 e. The highest BCUT2D eigenvalue weighted by atomic mass is 32.2. The lowest BCUT2D eigenvalue weighted by Crippen LogP contribution is -2.31. The molecule has 2 rings (SSSR count). The van der Waals surface area contributed by atoms with Gasteiger partial charge in [-0.1, -0.05) is 30.3 Å². The topological polar surface area (TPSA) is 96.7 Å². The molecule has 1 aliphatic rings. The summed E-state index contributed by atoms with van der Waals surface area (Å²) in [6.45, 7) is 0. The van der Waals surface area contributed by atoms with Crippen molar-refractivity contribution in [1.29, 1.82) is 10.5 Å². The Kier molecular flexibility index (Phi) is 3.46. The Bertz CT molecular complexity index is 591. The Morgan fingerprint density at radius 3 is 2.67 bits per heavy atom. The van der Waals surface area contributed by atoms with Gasteiger partial charge in [0.25, 0.3) is 4.75 Å². The van der Waals surface area contributed by atoms with Crippen molar-refractivity contribution in [2.45, 2.75) is 4.75 Å². The zero-order valence-electron chi connectivity index (χ0n) is 9.19. The first-order valence-corrected chi connectivity index (χ1v) is 6.15. The molecule has 0 aliphatic carbocycles. The van der Waals surface area contributed by atoms with Crippen molar-refractivity contribution in [1.82, 2.24) is 4.83 Å². The zero-order chi connectivity index (χ0) is 12.8. The van der Waals surface area contributed by atoms with Gasteiger partial charge in [-0.2, -0.15) is 20.7 Å². The van der Waals surface area contributed by atoms with Crippen LogP contribution in [0.5, 0.6) is 0 Å². The second-order valence-corrected chi connectivity index (χ2v) is 4.89. The fourth-order valence-corrected chi connectivity index (χ4v) is 2.15. The molecule has 0 bridgehead atoms. The van der Waals surface area contributed by atoms with Crippen LogP contribution in [0.2, 0.25) is 0 Å². The van der Waals surface area contributed by atoms with Crippen LogP contribution in [0.4, 0.5) is 0 Å². The first-order chi connectivity index (χ1) is 8.80. The summed E-state index contributed by atoms with van der Waals surface area (Å²) in [6, 6.07) is 13.2. The summed E-state index contributed by atoms with van der Waals surface area (Å²) in [7, 11) is -1.06. The number of nitrogens with zero attached hydrogens (tertiary/aromatic N) is 5. The fraction of sp³-hybridized carbons (Fsp3) is 0.0909. The minimum absolute atomic E-state index is 0.893. The highest BCUT2D eigenvalue weighted by molar-refractivity contribution is 7.88. The summed E-state index contributed by atoms with van der Waals surface area (Å²) < 4.78 is 2.58. The summed E-state index contributed by atoms with van der Waals surface area (Å²) in [4.78, 5) is 2.61. The van der Waals surface area contributed by atoms with Crippen LogP contribution in [0.3, 0.4) is 0 Å². The van der Waals surface area contributed by atoms with E-state index >= 15 is 0 Å². The van der Waals surface area contributed by atoms with Gasteiger partial charge < -0.3 is 0 Å². The van der Waals surface area contributed by atoms with Crippen molar-refractivity contribution in [3.63, 3.8) is 0 Å². The second-order valence-electron chi connectivity index (χ2n) is 3.33. The Hall–Kier alpha value is -2.51. The lowest BCUT2D eigenvalue weighted by Gasteiger charge is -2.06. The first-order valence-electron chi connectivity index (χ1n) is 4.97. The maximum absolute atomic E-state index is 8.99. The van der Waals surface area contributed by atoms with E-state index in [0.29, 0.717) is 0 Å². The van der Waals surface area contributed by atoms with E-state index in [1.54, 1.807) is 6.21 Å². The lowest BCUT2D eigenvalue weighted by atomic mass is 10.2. The van der Waals surface area contributed by atoms with Crippen LogP contribution in [0.1, 0.15) is 5.56 Å². The van der Waals surface area contributed by atoms with Crippen LogP contribution in [-0.2, 0) is 10.9 Å². The van der Waals surface area contributed by atoms with E-state index in [-0.39, 0.29) is 0 Å². The molecule has 1 atom stereocenters. The van der Waals surface area contributed by atoms with E-state index in [1.165, 1.54) is 6.21 Å². The van der Waals surface area contributed by atoms with E-state index in [2.05, 4.69) is 19.5 Å². The molecule has 1 aliphatic heterocycles. The maximum Gasteiger partial charge on any atom is 0.256 e. The van der Waals surface area contributed by atoms with Crippen molar-refractivity contribution >= 4 is 23.3 Å². The van der Waals surface area contributed by atoms with Crippen molar-refractivity contribution in [2.24, 2.45) is 14.7 Å². The van der Waals surface area contributed by atoms with Gasteiger partial charge in [-0.25, -0.2) is 4.83 Å². The van der Waals surface area contributed by atoms with Crippen LogP contribution >= 0.6 is 0 Å². The van der Waals surface area contributed by atoms with Crippen molar-refractivity contribution in [2.75, 3.05) is 0 Å². The summed E-state index contributed by atoms with van der Waals surface area (Å²) in [5.74, 6) is 0. The number of hydrazone groups is 1. The van der Waals surface area contributed by atoms with Gasteiger partial charge in [0.05, 0.1) is 23.3 Å². The third kappa shape index (κ3) is 2.26. The summed E-state index contributed by atoms with van der Waals surface area (Å²) in [5, 5.41) is 25.6. The quantitative estimate of drug-likeness (QED) is 0.634. The lowest BCUT2D eigenvalue weighted by molar-refractivity contribution is 1.12. The average Bonchev–Trinajstić information content (AvgIpc) is 2.84. The molecule has 1 heterocycles. The number of hydrogen-bond acceptors (Lipinski definition) is 4.